The molecule has 1 aromatic carbocycles. The number of halogens is 1. The molecular weight excluding hydrogens is 251 g/mol. The number of hydrogen-bond acceptors (Lipinski definition) is 4. The fourth-order valence-electron chi connectivity index (χ4n) is 1.70. The van der Waals surface area contributed by atoms with E-state index in [0.717, 1.165) is 6.07 Å². The lowest BCUT2D eigenvalue weighted by Gasteiger charge is -2.03. The van der Waals surface area contributed by atoms with E-state index in [9.17, 15) is 9.18 Å². The molecule has 3 aromatic rings. The molecule has 2 N–H and O–H groups in total. The number of rotatable bonds is 2. The predicted molar refractivity (Wildman–Crippen MR) is 65.0 cm³/mol. The van der Waals surface area contributed by atoms with Gasteiger partial charge in [0.15, 0.2) is 5.82 Å². The minimum absolute atomic E-state index is 0.105. The molecule has 1 amide bonds. The highest BCUT2D eigenvalue weighted by atomic mass is 19.1. The lowest BCUT2D eigenvalue weighted by Crippen LogP contribution is -2.14. The molecule has 0 radical (unpaired) electrons. The summed E-state index contributed by atoms with van der Waals surface area (Å²) in [5.41, 5.74) is 0.687. The smallest absolute Gasteiger partial charge is 0.259 e. The van der Waals surface area contributed by atoms with Crippen molar-refractivity contribution in [3.63, 3.8) is 0 Å². The summed E-state index contributed by atoms with van der Waals surface area (Å²) in [6.45, 7) is 0. The van der Waals surface area contributed by atoms with Crippen LogP contribution in [-0.2, 0) is 7.05 Å². The van der Waals surface area contributed by atoms with Crippen molar-refractivity contribution in [2.45, 2.75) is 0 Å². The van der Waals surface area contributed by atoms with Crippen molar-refractivity contribution in [3.05, 3.63) is 35.8 Å². The van der Waals surface area contributed by atoms with Gasteiger partial charge in [-0.25, -0.2) is 4.39 Å². The van der Waals surface area contributed by atoms with Gasteiger partial charge in [0.2, 0.25) is 0 Å². The van der Waals surface area contributed by atoms with Gasteiger partial charge < -0.3 is 5.32 Å². The van der Waals surface area contributed by atoms with E-state index in [4.69, 9.17) is 0 Å². The summed E-state index contributed by atoms with van der Waals surface area (Å²) in [6.07, 6.45) is 1.67. The molecule has 0 saturated heterocycles. The second-order valence-electron chi connectivity index (χ2n) is 3.97. The Morgan fingerprint density at radius 3 is 2.79 bits per heavy atom. The number of amides is 1. The number of H-pyrrole nitrogens is 1. The van der Waals surface area contributed by atoms with Crippen molar-refractivity contribution in [3.8, 4) is 0 Å². The van der Waals surface area contributed by atoms with Crippen LogP contribution in [0.5, 0.6) is 0 Å². The van der Waals surface area contributed by atoms with Gasteiger partial charge in [-0.05, 0) is 6.07 Å². The molecule has 0 unspecified atom stereocenters. The van der Waals surface area contributed by atoms with Gasteiger partial charge in [-0.15, -0.1) is 0 Å². The Labute approximate surface area is 106 Å². The molecule has 0 aliphatic rings. The van der Waals surface area contributed by atoms with Crippen LogP contribution in [0.4, 0.5) is 10.2 Å². The number of benzene rings is 1. The molecular formula is C11H9FN6O. The van der Waals surface area contributed by atoms with Gasteiger partial charge in [0.05, 0.1) is 5.56 Å². The molecule has 19 heavy (non-hydrogen) atoms. The van der Waals surface area contributed by atoms with Gasteiger partial charge in [-0.1, -0.05) is 0 Å². The van der Waals surface area contributed by atoms with Gasteiger partial charge in [-0.3, -0.25) is 9.48 Å². The topological polar surface area (TPSA) is 88.5 Å². The van der Waals surface area contributed by atoms with Crippen LogP contribution < -0.4 is 5.32 Å². The number of nitrogens with zero attached hydrogens (tertiary/aromatic N) is 4. The molecule has 0 atom stereocenters. The molecule has 7 nitrogen and oxygen atoms in total. The lowest BCUT2D eigenvalue weighted by molar-refractivity contribution is 0.102. The van der Waals surface area contributed by atoms with Gasteiger partial charge in [-0.2, -0.15) is 20.5 Å². The van der Waals surface area contributed by atoms with Crippen molar-refractivity contribution >= 4 is 22.8 Å². The van der Waals surface area contributed by atoms with E-state index in [1.54, 1.807) is 19.3 Å². The molecule has 8 heteroatoms. The molecule has 2 aromatic heterocycles. The number of anilines is 1. The third-order valence-electron chi connectivity index (χ3n) is 2.60. The first kappa shape index (κ1) is 11.3. The van der Waals surface area contributed by atoms with E-state index < -0.39 is 11.7 Å². The highest BCUT2D eigenvalue weighted by molar-refractivity contribution is 6.05. The predicted octanol–water partition coefficient (Wildman–Crippen LogP) is 1.08. The average molecular weight is 260 g/mol. The first-order valence-electron chi connectivity index (χ1n) is 5.44. The molecule has 0 spiro atoms. The second kappa shape index (κ2) is 4.16. The highest BCUT2D eigenvalue weighted by Crippen LogP contribution is 2.16. The Morgan fingerprint density at radius 2 is 2.11 bits per heavy atom. The minimum Gasteiger partial charge on any atom is -0.305 e. The van der Waals surface area contributed by atoms with Crippen LogP contribution in [0.15, 0.2) is 24.4 Å². The molecule has 0 saturated carbocycles. The fraction of sp³-hybridized carbons (Fsp3) is 0.0909. The van der Waals surface area contributed by atoms with E-state index in [-0.39, 0.29) is 5.56 Å². The van der Waals surface area contributed by atoms with Gasteiger partial charge >= 0.3 is 0 Å². The Balaban J connectivity index is 1.94. The van der Waals surface area contributed by atoms with Gasteiger partial charge in [0.25, 0.3) is 5.91 Å². The first-order valence-corrected chi connectivity index (χ1v) is 5.44. The van der Waals surface area contributed by atoms with Crippen LogP contribution in [-0.4, -0.2) is 31.1 Å². The summed E-state index contributed by atoms with van der Waals surface area (Å²) in [7, 11) is 1.72. The monoisotopic (exact) mass is 260 g/mol. The largest absolute Gasteiger partial charge is 0.305 e. The number of hydrogen-bond donors (Lipinski definition) is 2. The SMILES string of the molecule is Cn1ccc(NC(=O)c2cc3n[nH]nc3cc2F)n1. The van der Waals surface area contributed by atoms with E-state index in [0.29, 0.717) is 16.9 Å². The quantitative estimate of drug-likeness (QED) is 0.721. The first-order chi connectivity index (χ1) is 9.13. The average Bonchev–Trinajstić information content (AvgIpc) is 2.96. The van der Waals surface area contributed by atoms with Crippen LogP contribution >= 0.6 is 0 Å². The van der Waals surface area contributed by atoms with E-state index in [1.165, 1.54) is 10.7 Å². The Morgan fingerprint density at radius 1 is 1.37 bits per heavy atom. The second-order valence-corrected chi connectivity index (χ2v) is 3.97. The molecule has 0 bridgehead atoms. The summed E-state index contributed by atoms with van der Waals surface area (Å²) in [5, 5.41) is 16.4. The molecule has 96 valence electrons. The Bertz CT molecular complexity index is 761. The number of nitrogens with one attached hydrogen (secondary N) is 2. The summed E-state index contributed by atoms with van der Waals surface area (Å²) < 4.78 is 15.3. The summed E-state index contributed by atoms with van der Waals surface area (Å²) in [6, 6.07) is 4.11. The van der Waals surface area contributed by atoms with Crippen LogP contribution in [0.25, 0.3) is 11.0 Å². The Kier molecular flexibility index (Phi) is 2.48. The lowest BCUT2D eigenvalue weighted by atomic mass is 10.1. The Hall–Kier alpha value is -2.77. The highest BCUT2D eigenvalue weighted by Gasteiger charge is 2.15. The van der Waals surface area contributed by atoms with Crippen LogP contribution in [0, 0.1) is 5.82 Å². The van der Waals surface area contributed by atoms with Crippen LogP contribution in [0.2, 0.25) is 0 Å². The standard InChI is InChI=1S/C11H9FN6O/c1-18-3-2-10(16-18)13-11(19)6-4-8-9(5-7(6)12)15-17-14-8/h2-5H,1H3,(H,13,16,19)(H,14,15,17). The van der Waals surface area contributed by atoms with Crippen molar-refractivity contribution in [2.24, 2.45) is 7.05 Å². The number of aryl methyl sites for hydroxylation is 1. The molecule has 0 aliphatic heterocycles. The van der Waals surface area contributed by atoms with Crippen molar-refractivity contribution < 1.29 is 9.18 Å². The zero-order valence-electron chi connectivity index (χ0n) is 9.88. The maximum atomic E-state index is 13.8. The normalized spacial score (nSPS) is 10.8. The number of carbonyl (C=O) groups excluding carboxylic acids is 1. The third-order valence-corrected chi connectivity index (χ3v) is 2.60. The summed E-state index contributed by atoms with van der Waals surface area (Å²) in [4.78, 5) is 12.0. The minimum atomic E-state index is -0.658. The van der Waals surface area contributed by atoms with Crippen LogP contribution in [0.1, 0.15) is 10.4 Å². The van der Waals surface area contributed by atoms with E-state index in [2.05, 4.69) is 25.8 Å². The van der Waals surface area contributed by atoms with Crippen molar-refractivity contribution in [1.29, 1.82) is 0 Å². The molecule has 0 fully saturated rings. The van der Waals surface area contributed by atoms with E-state index >= 15 is 0 Å². The molecule has 3 rings (SSSR count). The molecule has 0 aliphatic carbocycles. The summed E-state index contributed by atoms with van der Waals surface area (Å²) >= 11 is 0. The fourth-order valence-corrected chi connectivity index (χ4v) is 1.70. The van der Waals surface area contributed by atoms with Crippen LogP contribution in [0.3, 0.4) is 0 Å². The maximum absolute atomic E-state index is 13.8. The van der Waals surface area contributed by atoms with Crippen molar-refractivity contribution in [2.75, 3.05) is 5.32 Å². The zero-order valence-corrected chi connectivity index (χ0v) is 9.88. The van der Waals surface area contributed by atoms with Crippen molar-refractivity contribution in [1.82, 2.24) is 25.2 Å². The van der Waals surface area contributed by atoms with E-state index in [1.807, 2.05) is 0 Å². The number of carbonyl (C=O) groups is 1. The maximum Gasteiger partial charge on any atom is 0.259 e. The van der Waals surface area contributed by atoms with Gasteiger partial charge in [0, 0.05) is 25.4 Å². The third kappa shape index (κ3) is 2.03. The van der Waals surface area contributed by atoms with Gasteiger partial charge in [0.1, 0.15) is 16.9 Å². The zero-order chi connectivity index (χ0) is 13.4. The number of aromatic amines is 1. The molecule has 2 heterocycles. The number of fused-ring (bicyclic) bond motifs is 1. The number of aromatic nitrogens is 5. The summed E-state index contributed by atoms with van der Waals surface area (Å²) in [5.74, 6) is -0.886.